The van der Waals surface area contributed by atoms with E-state index >= 15 is 0 Å². The number of nitrogens with one attached hydrogen (secondary N) is 1. The van der Waals surface area contributed by atoms with Crippen molar-refractivity contribution in [1.29, 1.82) is 0 Å². The van der Waals surface area contributed by atoms with Gasteiger partial charge in [0.1, 0.15) is 5.82 Å². The molecule has 114 valence electrons. The molecule has 3 heteroatoms. The van der Waals surface area contributed by atoms with Gasteiger partial charge in [-0.1, -0.05) is 63.6 Å². The average Bonchev–Trinajstić information content (AvgIpc) is 2.41. The third-order valence-electron chi connectivity index (χ3n) is 3.70. The van der Waals surface area contributed by atoms with E-state index in [4.69, 9.17) is 11.6 Å². The molecule has 0 aliphatic heterocycles. The summed E-state index contributed by atoms with van der Waals surface area (Å²) in [6.07, 6.45) is 7.37. The monoisotopic (exact) mass is 299 g/mol. The molecule has 1 N–H and O–H groups in total. The molecule has 1 aromatic carbocycles. The molecule has 0 bridgehead atoms. The summed E-state index contributed by atoms with van der Waals surface area (Å²) in [6.45, 7) is 7.00. The third kappa shape index (κ3) is 5.41. The Hall–Kier alpha value is -0.600. The molecule has 1 atom stereocenters. The largest absolute Gasteiger partial charge is 0.310 e. The molecule has 0 amide bonds. The lowest BCUT2D eigenvalue weighted by Gasteiger charge is -2.20. The molecule has 1 aromatic rings. The lowest BCUT2D eigenvalue weighted by atomic mass is 9.98. The third-order valence-corrected chi connectivity index (χ3v) is 4.03. The van der Waals surface area contributed by atoms with Crippen LogP contribution in [0.3, 0.4) is 0 Å². The van der Waals surface area contributed by atoms with Crippen molar-refractivity contribution in [3.8, 4) is 0 Å². The predicted molar refractivity (Wildman–Crippen MR) is 85.9 cm³/mol. The molecule has 0 aliphatic rings. The van der Waals surface area contributed by atoms with Gasteiger partial charge in [-0.2, -0.15) is 0 Å². The molecular formula is C17H27ClFN. The Labute approximate surface area is 127 Å². The van der Waals surface area contributed by atoms with Crippen LogP contribution in [0.4, 0.5) is 4.39 Å². The van der Waals surface area contributed by atoms with Gasteiger partial charge in [-0.15, -0.1) is 0 Å². The van der Waals surface area contributed by atoms with E-state index in [0.717, 1.165) is 18.5 Å². The second-order valence-corrected chi connectivity index (χ2v) is 5.84. The average molecular weight is 300 g/mol. The van der Waals surface area contributed by atoms with Gasteiger partial charge in [0.05, 0.1) is 0 Å². The minimum atomic E-state index is -0.225. The van der Waals surface area contributed by atoms with Gasteiger partial charge >= 0.3 is 0 Å². The lowest BCUT2D eigenvalue weighted by molar-refractivity contribution is 0.478. The van der Waals surface area contributed by atoms with Crippen LogP contribution in [0.25, 0.3) is 0 Å². The zero-order valence-corrected chi connectivity index (χ0v) is 13.7. The first-order valence-corrected chi connectivity index (χ1v) is 8.16. The van der Waals surface area contributed by atoms with Crippen LogP contribution in [-0.2, 0) is 0 Å². The quantitative estimate of drug-likeness (QED) is 0.568. The molecule has 0 spiro atoms. The van der Waals surface area contributed by atoms with Gasteiger partial charge in [0.15, 0.2) is 0 Å². The van der Waals surface area contributed by atoms with Crippen LogP contribution in [0.15, 0.2) is 12.1 Å². The molecule has 20 heavy (non-hydrogen) atoms. The number of hydrogen-bond acceptors (Lipinski definition) is 1. The van der Waals surface area contributed by atoms with E-state index in [2.05, 4.69) is 19.2 Å². The summed E-state index contributed by atoms with van der Waals surface area (Å²) in [5.74, 6) is -0.225. The van der Waals surface area contributed by atoms with Crippen LogP contribution in [0, 0.1) is 12.7 Å². The van der Waals surface area contributed by atoms with Gasteiger partial charge in [0.25, 0.3) is 0 Å². The number of benzene rings is 1. The fourth-order valence-electron chi connectivity index (χ4n) is 2.51. The number of rotatable bonds is 9. The summed E-state index contributed by atoms with van der Waals surface area (Å²) < 4.78 is 13.5. The summed E-state index contributed by atoms with van der Waals surface area (Å²) in [6, 6.07) is 3.55. The van der Waals surface area contributed by atoms with Crippen molar-refractivity contribution < 1.29 is 4.39 Å². The molecule has 0 aliphatic carbocycles. The Balaban J connectivity index is 2.67. The highest BCUT2D eigenvalue weighted by Gasteiger charge is 2.15. The molecule has 1 nitrogen and oxygen atoms in total. The van der Waals surface area contributed by atoms with E-state index in [1.54, 1.807) is 6.92 Å². The molecule has 0 saturated heterocycles. The summed E-state index contributed by atoms with van der Waals surface area (Å²) >= 11 is 6.21. The zero-order chi connectivity index (χ0) is 15.0. The van der Waals surface area contributed by atoms with Gasteiger partial charge in [-0.05, 0) is 37.1 Å². The summed E-state index contributed by atoms with van der Waals surface area (Å²) in [5, 5.41) is 4.01. The van der Waals surface area contributed by atoms with E-state index in [1.165, 1.54) is 38.2 Å². The van der Waals surface area contributed by atoms with Crippen LogP contribution in [0.2, 0.25) is 5.02 Å². The summed E-state index contributed by atoms with van der Waals surface area (Å²) in [4.78, 5) is 0. The van der Waals surface area contributed by atoms with Crippen molar-refractivity contribution in [2.45, 2.75) is 65.3 Å². The minimum Gasteiger partial charge on any atom is -0.310 e. The van der Waals surface area contributed by atoms with Crippen molar-refractivity contribution in [2.75, 3.05) is 6.54 Å². The molecule has 1 rings (SSSR count). The van der Waals surface area contributed by atoms with Gasteiger partial charge in [0, 0.05) is 11.1 Å². The molecule has 0 aromatic heterocycles. The first-order valence-electron chi connectivity index (χ1n) is 7.79. The molecule has 0 radical (unpaired) electrons. The van der Waals surface area contributed by atoms with E-state index in [9.17, 15) is 4.39 Å². The van der Waals surface area contributed by atoms with Crippen LogP contribution < -0.4 is 5.32 Å². The van der Waals surface area contributed by atoms with Crippen LogP contribution in [0.5, 0.6) is 0 Å². The first-order chi connectivity index (χ1) is 9.60. The highest BCUT2D eigenvalue weighted by Crippen LogP contribution is 2.29. The molecule has 0 fully saturated rings. The normalized spacial score (nSPS) is 12.7. The van der Waals surface area contributed by atoms with Crippen molar-refractivity contribution in [2.24, 2.45) is 0 Å². The smallest absolute Gasteiger partial charge is 0.127 e. The predicted octanol–water partition coefficient (Wildman–Crippen LogP) is 5.80. The second kappa shape index (κ2) is 9.36. The number of unbranched alkanes of at least 4 members (excludes halogenated alkanes) is 4. The Kier molecular flexibility index (Phi) is 8.16. The number of aryl methyl sites for hydroxylation is 1. The van der Waals surface area contributed by atoms with Crippen molar-refractivity contribution in [1.82, 2.24) is 5.32 Å². The Bertz CT molecular complexity index is 406. The Morgan fingerprint density at radius 1 is 1.15 bits per heavy atom. The standard InChI is InChI=1S/C17H27ClFN/c1-4-6-7-8-9-10-17(20-5-2)14-11-13(3)16(19)12-15(14)18/h11-12,17,20H,4-10H2,1-3H3. The SMILES string of the molecule is CCCCCCCC(NCC)c1cc(C)c(F)cc1Cl. The molecule has 0 saturated carbocycles. The zero-order valence-electron chi connectivity index (χ0n) is 12.9. The fourth-order valence-corrected chi connectivity index (χ4v) is 2.79. The van der Waals surface area contributed by atoms with Crippen LogP contribution in [0.1, 0.15) is 69.5 Å². The minimum absolute atomic E-state index is 0.225. The van der Waals surface area contributed by atoms with Gasteiger partial charge in [0.2, 0.25) is 0 Å². The fraction of sp³-hybridized carbons (Fsp3) is 0.647. The van der Waals surface area contributed by atoms with Gasteiger partial charge in [-0.3, -0.25) is 0 Å². The van der Waals surface area contributed by atoms with Crippen LogP contribution in [-0.4, -0.2) is 6.54 Å². The maximum Gasteiger partial charge on any atom is 0.127 e. The van der Waals surface area contributed by atoms with E-state index in [-0.39, 0.29) is 11.9 Å². The first kappa shape index (κ1) is 17.5. The van der Waals surface area contributed by atoms with E-state index < -0.39 is 0 Å². The Morgan fingerprint density at radius 2 is 1.85 bits per heavy atom. The van der Waals surface area contributed by atoms with E-state index in [0.29, 0.717) is 10.6 Å². The molecule has 0 heterocycles. The summed E-state index contributed by atoms with van der Waals surface area (Å²) in [7, 11) is 0. The number of hydrogen-bond donors (Lipinski definition) is 1. The topological polar surface area (TPSA) is 12.0 Å². The van der Waals surface area contributed by atoms with Crippen LogP contribution >= 0.6 is 11.6 Å². The lowest BCUT2D eigenvalue weighted by Crippen LogP contribution is -2.21. The van der Waals surface area contributed by atoms with E-state index in [1.807, 2.05) is 6.07 Å². The molecular weight excluding hydrogens is 273 g/mol. The van der Waals surface area contributed by atoms with Gasteiger partial charge < -0.3 is 5.32 Å². The maximum atomic E-state index is 13.5. The molecule has 1 unspecified atom stereocenters. The highest BCUT2D eigenvalue weighted by molar-refractivity contribution is 6.31. The summed E-state index contributed by atoms with van der Waals surface area (Å²) in [5.41, 5.74) is 1.70. The van der Waals surface area contributed by atoms with Crippen molar-refractivity contribution in [3.05, 3.63) is 34.1 Å². The highest BCUT2D eigenvalue weighted by atomic mass is 35.5. The van der Waals surface area contributed by atoms with Crippen molar-refractivity contribution >= 4 is 11.6 Å². The van der Waals surface area contributed by atoms with Gasteiger partial charge in [-0.25, -0.2) is 4.39 Å². The Morgan fingerprint density at radius 3 is 2.50 bits per heavy atom. The number of halogens is 2. The second-order valence-electron chi connectivity index (χ2n) is 5.44. The van der Waals surface area contributed by atoms with Crippen molar-refractivity contribution in [3.63, 3.8) is 0 Å². The maximum absolute atomic E-state index is 13.5.